The number of anilines is 1. The first-order valence-corrected chi connectivity index (χ1v) is 6.05. The number of hydrogen-bond acceptors (Lipinski definition) is 2. The number of benzene rings is 1. The standard InChI is InChI=1S/C11H11BrClN3/c1-7(11-4-5-14-16-11)15-8-2-3-9(12)10(13)6-8/h2-7,15H,1H3,(H,14,16). The van der Waals surface area contributed by atoms with Crippen molar-refractivity contribution in [1.82, 2.24) is 10.2 Å². The molecule has 3 nitrogen and oxygen atoms in total. The summed E-state index contributed by atoms with van der Waals surface area (Å²) >= 11 is 9.37. The molecule has 1 heterocycles. The number of aromatic amines is 1. The van der Waals surface area contributed by atoms with Gasteiger partial charge in [0.25, 0.3) is 0 Å². The molecule has 2 rings (SSSR count). The number of nitrogens with one attached hydrogen (secondary N) is 2. The Kier molecular flexibility index (Phi) is 3.51. The molecule has 2 aromatic rings. The van der Waals surface area contributed by atoms with Gasteiger partial charge < -0.3 is 5.32 Å². The first-order chi connectivity index (χ1) is 7.66. The Morgan fingerprint density at radius 1 is 1.44 bits per heavy atom. The summed E-state index contributed by atoms with van der Waals surface area (Å²) in [7, 11) is 0. The summed E-state index contributed by atoms with van der Waals surface area (Å²) in [5.41, 5.74) is 2.02. The molecule has 0 saturated carbocycles. The molecule has 1 aromatic heterocycles. The Morgan fingerprint density at radius 2 is 2.25 bits per heavy atom. The van der Waals surface area contributed by atoms with Gasteiger partial charge in [0.15, 0.2) is 0 Å². The average molecular weight is 301 g/mol. The predicted octanol–water partition coefficient (Wildman–Crippen LogP) is 4.00. The summed E-state index contributed by atoms with van der Waals surface area (Å²) in [4.78, 5) is 0. The van der Waals surface area contributed by atoms with Crippen LogP contribution in [0, 0.1) is 0 Å². The molecule has 0 aliphatic rings. The lowest BCUT2D eigenvalue weighted by molar-refractivity contribution is 0.826. The van der Waals surface area contributed by atoms with Crippen molar-refractivity contribution >= 4 is 33.2 Å². The van der Waals surface area contributed by atoms with Crippen molar-refractivity contribution in [3.8, 4) is 0 Å². The van der Waals surface area contributed by atoms with Gasteiger partial charge in [0, 0.05) is 16.4 Å². The minimum absolute atomic E-state index is 0.166. The molecular formula is C11H11BrClN3. The van der Waals surface area contributed by atoms with E-state index in [9.17, 15) is 0 Å². The molecule has 0 aliphatic carbocycles. The lowest BCUT2D eigenvalue weighted by Crippen LogP contribution is -2.06. The topological polar surface area (TPSA) is 40.7 Å². The van der Waals surface area contributed by atoms with Gasteiger partial charge in [0.2, 0.25) is 0 Å². The monoisotopic (exact) mass is 299 g/mol. The lowest BCUT2D eigenvalue weighted by atomic mass is 10.2. The van der Waals surface area contributed by atoms with Crippen LogP contribution in [0.1, 0.15) is 18.7 Å². The Morgan fingerprint density at radius 3 is 2.88 bits per heavy atom. The van der Waals surface area contributed by atoms with E-state index in [1.807, 2.05) is 24.3 Å². The van der Waals surface area contributed by atoms with Gasteiger partial charge in [0.1, 0.15) is 0 Å². The highest BCUT2D eigenvalue weighted by Gasteiger charge is 2.07. The summed E-state index contributed by atoms with van der Waals surface area (Å²) in [5.74, 6) is 0. The molecule has 0 spiro atoms. The van der Waals surface area contributed by atoms with E-state index in [1.165, 1.54) is 0 Å². The van der Waals surface area contributed by atoms with Crippen LogP contribution in [0.25, 0.3) is 0 Å². The maximum absolute atomic E-state index is 6.02. The van der Waals surface area contributed by atoms with Crippen LogP contribution in [0.3, 0.4) is 0 Å². The largest absolute Gasteiger partial charge is 0.377 e. The van der Waals surface area contributed by atoms with E-state index in [4.69, 9.17) is 11.6 Å². The third-order valence-corrected chi connectivity index (χ3v) is 3.52. The second-order valence-electron chi connectivity index (χ2n) is 3.51. The molecule has 0 fully saturated rings. The highest BCUT2D eigenvalue weighted by molar-refractivity contribution is 9.10. The van der Waals surface area contributed by atoms with E-state index in [0.29, 0.717) is 5.02 Å². The molecule has 0 radical (unpaired) electrons. The third-order valence-electron chi connectivity index (χ3n) is 2.29. The van der Waals surface area contributed by atoms with Crippen LogP contribution in [0.15, 0.2) is 34.9 Å². The van der Waals surface area contributed by atoms with E-state index in [-0.39, 0.29) is 6.04 Å². The van der Waals surface area contributed by atoms with Crippen LogP contribution < -0.4 is 5.32 Å². The lowest BCUT2D eigenvalue weighted by Gasteiger charge is -2.13. The molecule has 2 N–H and O–H groups in total. The van der Waals surface area contributed by atoms with E-state index in [2.05, 4.69) is 38.4 Å². The van der Waals surface area contributed by atoms with E-state index < -0.39 is 0 Å². The molecule has 0 bridgehead atoms. The molecular weight excluding hydrogens is 289 g/mol. The Hall–Kier alpha value is -1.00. The highest BCUT2D eigenvalue weighted by Crippen LogP contribution is 2.27. The van der Waals surface area contributed by atoms with Crippen LogP contribution in [-0.4, -0.2) is 10.2 Å². The molecule has 1 aromatic carbocycles. The zero-order chi connectivity index (χ0) is 11.5. The normalized spacial score (nSPS) is 12.4. The van der Waals surface area contributed by atoms with Gasteiger partial charge in [-0.05, 0) is 47.1 Å². The van der Waals surface area contributed by atoms with Crippen molar-refractivity contribution in [2.45, 2.75) is 13.0 Å². The number of rotatable bonds is 3. The summed E-state index contributed by atoms with van der Waals surface area (Å²) < 4.78 is 0.897. The van der Waals surface area contributed by atoms with Crippen molar-refractivity contribution in [2.75, 3.05) is 5.32 Å². The number of aromatic nitrogens is 2. The van der Waals surface area contributed by atoms with E-state index >= 15 is 0 Å². The Bertz CT molecular complexity index is 470. The molecule has 1 atom stereocenters. The van der Waals surface area contributed by atoms with Gasteiger partial charge in [-0.25, -0.2) is 0 Å². The summed E-state index contributed by atoms with van der Waals surface area (Å²) in [5, 5.41) is 10.9. The highest BCUT2D eigenvalue weighted by atomic mass is 79.9. The van der Waals surface area contributed by atoms with Crippen molar-refractivity contribution in [3.05, 3.63) is 45.7 Å². The number of hydrogen-bond donors (Lipinski definition) is 2. The quantitative estimate of drug-likeness (QED) is 0.899. The Labute approximate surface area is 107 Å². The second kappa shape index (κ2) is 4.89. The molecule has 5 heteroatoms. The van der Waals surface area contributed by atoms with Gasteiger partial charge in [-0.2, -0.15) is 5.10 Å². The molecule has 0 saturated heterocycles. The third kappa shape index (κ3) is 2.57. The van der Waals surface area contributed by atoms with Crippen molar-refractivity contribution < 1.29 is 0 Å². The summed E-state index contributed by atoms with van der Waals surface area (Å²) in [6.07, 6.45) is 1.74. The number of H-pyrrole nitrogens is 1. The summed E-state index contributed by atoms with van der Waals surface area (Å²) in [6.45, 7) is 2.06. The van der Waals surface area contributed by atoms with Gasteiger partial charge >= 0.3 is 0 Å². The fourth-order valence-electron chi connectivity index (χ4n) is 1.42. The SMILES string of the molecule is CC(Nc1ccc(Br)c(Cl)c1)c1ccn[nH]1. The van der Waals surface area contributed by atoms with Crippen LogP contribution in [0.4, 0.5) is 5.69 Å². The first kappa shape index (κ1) is 11.5. The van der Waals surface area contributed by atoms with Crippen LogP contribution >= 0.6 is 27.5 Å². The number of halogens is 2. The van der Waals surface area contributed by atoms with E-state index in [1.54, 1.807) is 6.20 Å². The Balaban J connectivity index is 2.12. The number of nitrogens with zero attached hydrogens (tertiary/aromatic N) is 1. The van der Waals surface area contributed by atoms with Crippen LogP contribution in [-0.2, 0) is 0 Å². The van der Waals surface area contributed by atoms with E-state index in [0.717, 1.165) is 15.9 Å². The zero-order valence-corrected chi connectivity index (χ0v) is 11.0. The molecule has 0 aliphatic heterocycles. The smallest absolute Gasteiger partial charge is 0.0651 e. The van der Waals surface area contributed by atoms with Crippen LogP contribution in [0.2, 0.25) is 5.02 Å². The van der Waals surface area contributed by atoms with Gasteiger partial charge in [-0.3, -0.25) is 5.10 Å². The molecule has 1 unspecified atom stereocenters. The first-order valence-electron chi connectivity index (χ1n) is 4.87. The van der Waals surface area contributed by atoms with Gasteiger partial charge in [-0.1, -0.05) is 11.6 Å². The summed E-state index contributed by atoms with van der Waals surface area (Å²) in [6, 6.07) is 7.89. The van der Waals surface area contributed by atoms with Crippen molar-refractivity contribution in [1.29, 1.82) is 0 Å². The van der Waals surface area contributed by atoms with Gasteiger partial charge in [0.05, 0.1) is 16.8 Å². The maximum atomic E-state index is 6.02. The fourth-order valence-corrected chi connectivity index (χ4v) is 1.85. The molecule has 0 amide bonds. The minimum atomic E-state index is 0.166. The average Bonchev–Trinajstić information content (AvgIpc) is 2.77. The maximum Gasteiger partial charge on any atom is 0.0651 e. The fraction of sp³-hybridized carbons (Fsp3) is 0.182. The van der Waals surface area contributed by atoms with Crippen LogP contribution in [0.5, 0.6) is 0 Å². The predicted molar refractivity (Wildman–Crippen MR) is 69.8 cm³/mol. The van der Waals surface area contributed by atoms with Crippen molar-refractivity contribution in [3.63, 3.8) is 0 Å². The zero-order valence-electron chi connectivity index (χ0n) is 8.67. The van der Waals surface area contributed by atoms with Crippen molar-refractivity contribution in [2.24, 2.45) is 0 Å². The minimum Gasteiger partial charge on any atom is -0.377 e. The molecule has 84 valence electrons. The molecule has 16 heavy (non-hydrogen) atoms. The van der Waals surface area contributed by atoms with Gasteiger partial charge in [-0.15, -0.1) is 0 Å². The second-order valence-corrected chi connectivity index (χ2v) is 4.77.